The molecule has 0 spiro atoms. The maximum absolute atomic E-state index is 13.2. The molecule has 1 aromatic rings. The molecule has 98 valence electrons. The number of nitrogens with zero attached hydrogens (tertiary/aromatic N) is 1. The van der Waals surface area contributed by atoms with Gasteiger partial charge in [-0.2, -0.15) is 4.39 Å². The summed E-state index contributed by atoms with van der Waals surface area (Å²) in [5.74, 6) is -1.61. The van der Waals surface area contributed by atoms with E-state index in [9.17, 15) is 14.0 Å². The van der Waals surface area contributed by atoms with Gasteiger partial charge in [0.2, 0.25) is 11.9 Å². The topological polar surface area (TPSA) is 71.1 Å². The third-order valence-electron chi connectivity index (χ3n) is 2.54. The van der Waals surface area contributed by atoms with Crippen LogP contribution in [0.5, 0.6) is 0 Å². The average Bonchev–Trinajstić information content (AvgIpc) is 2.35. The molecule has 1 heterocycles. The predicted octanol–water partition coefficient (Wildman–Crippen LogP) is 0.723. The summed E-state index contributed by atoms with van der Waals surface area (Å²) in [5, 5.41) is 5.02. The molecule has 0 radical (unpaired) electrons. The highest BCUT2D eigenvalue weighted by Crippen LogP contribution is 2.13. The lowest BCUT2D eigenvalue weighted by atomic mass is 9.92. The molecule has 18 heavy (non-hydrogen) atoms. The Kier molecular flexibility index (Phi) is 4.36. The zero-order valence-corrected chi connectivity index (χ0v) is 10.6. The Balaban J connectivity index is 2.68. The molecule has 0 aliphatic carbocycles. The molecule has 0 saturated carbocycles. The molecule has 0 saturated heterocycles. The smallest absolute Gasteiger partial charge is 0.255 e. The largest absolute Gasteiger partial charge is 0.359 e. The third kappa shape index (κ3) is 3.26. The van der Waals surface area contributed by atoms with Gasteiger partial charge in [-0.05, 0) is 26.0 Å². The number of aromatic nitrogens is 1. The van der Waals surface area contributed by atoms with Gasteiger partial charge in [0.1, 0.15) is 0 Å². The Bertz CT molecular complexity index is 460. The van der Waals surface area contributed by atoms with Crippen molar-refractivity contribution in [1.82, 2.24) is 15.6 Å². The number of carbonyl (C=O) groups excluding carboxylic acids is 2. The first-order chi connectivity index (χ1) is 8.38. The van der Waals surface area contributed by atoms with E-state index in [1.54, 1.807) is 13.8 Å². The van der Waals surface area contributed by atoms with Crippen molar-refractivity contribution in [2.24, 2.45) is 5.41 Å². The maximum Gasteiger partial charge on any atom is 0.255 e. The SMILES string of the molecule is CNC(=O)C(C)(C)CNC(=O)c1cccnc1F. The number of carbonyl (C=O) groups is 2. The fourth-order valence-corrected chi connectivity index (χ4v) is 1.37. The zero-order chi connectivity index (χ0) is 13.8. The molecule has 6 heteroatoms. The molecule has 1 rings (SSSR count). The summed E-state index contributed by atoms with van der Waals surface area (Å²) in [6.07, 6.45) is 1.26. The van der Waals surface area contributed by atoms with E-state index in [-0.39, 0.29) is 18.0 Å². The molecule has 2 N–H and O–H groups in total. The summed E-state index contributed by atoms with van der Waals surface area (Å²) in [4.78, 5) is 26.6. The highest BCUT2D eigenvalue weighted by atomic mass is 19.1. The summed E-state index contributed by atoms with van der Waals surface area (Å²) >= 11 is 0. The van der Waals surface area contributed by atoms with Gasteiger partial charge in [-0.1, -0.05) is 0 Å². The van der Waals surface area contributed by atoms with Crippen LogP contribution >= 0.6 is 0 Å². The first-order valence-corrected chi connectivity index (χ1v) is 5.49. The Morgan fingerprint density at radius 3 is 2.67 bits per heavy atom. The fourth-order valence-electron chi connectivity index (χ4n) is 1.37. The van der Waals surface area contributed by atoms with Gasteiger partial charge in [0.05, 0.1) is 11.0 Å². The molecule has 0 unspecified atom stereocenters. The lowest BCUT2D eigenvalue weighted by Gasteiger charge is -2.22. The van der Waals surface area contributed by atoms with Gasteiger partial charge in [-0.25, -0.2) is 4.98 Å². The number of hydrogen-bond acceptors (Lipinski definition) is 3. The number of amides is 2. The van der Waals surface area contributed by atoms with Gasteiger partial charge < -0.3 is 10.6 Å². The van der Waals surface area contributed by atoms with Crippen LogP contribution in [0.15, 0.2) is 18.3 Å². The van der Waals surface area contributed by atoms with Crippen LogP contribution in [-0.4, -0.2) is 30.4 Å². The second kappa shape index (κ2) is 5.57. The maximum atomic E-state index is 13.2. The molecule has 1 aromatic heterocycles. The highest BCUT2D eigenvalue weighted by Gasteiger charge is 2.27. The van der Waals surface area contributed by atoms with Crippen molar-refractivity contribution in [3.05, 3.63) is 29.8 Å². The van der Waals surface area contributed by atoms with Crippen molar-refractivity contribution in [3.8, 4) is 0 Å². The van der Waals surface area contributed by atoms with Crippen LogP contribution in [0.2, 0.25) is 0 Å². The van der Waals surface area contributed by atoms with Gasteiger partial charge in [0.25, 0.3) is 5.91 Å². The zero-order valence-electron chi connectivity index (χ0n) is 10.6. The van der Waals surface area contributed by atoms with Crippen molar-refractivity contribution < 1.29 is 14.0 Å². The minimum atomic E-state index is -0.826. The molecular weight excluding hydrogens is 237 g/mol. The molecule has 0 aliphatic heterocycles. The van der Waals surface area contributed by atoms with E-state index in [1.165, 1.54) is 25.4 Å². The van der Waals surface area contributed by atoms with Crippen LogP contribution in [-0.2, 0) is 4.79 Å². The summed E-state index contributed by atoms with van der Waals surface area (Å²) in [5.41, 5.74) is -0.895. The summed E-state index contributed by atoms with van der Waals surface area (Å²) < 4.78 is 13.2. The van der Waals surface area contributed by atoms with Crippen molar-refractivity contribution in [2.45, 2.75) is 13.8 Å². The first kappa shape index (κ1) is 14.1. The van der Waals surface area contributed by atoms with E-state index in [1.807, 2.05) is 0 Å². The Morgan fingerprint density at radius 1 is 1.44 bits per heavy atom. The average molecular weight is 253 g/mol. The third-order valence-corrected chi connectivity index (χ3v) is 2.54. The standard InChI is InChI=1S/C12H16FN3O2/c1-12(2,11(18)14-3)7-16-10(17)8-5-4-6-15-9(8)13/h4-6H,7H2,1-3H3,(H,14,18)(H,16,17). The van der Waals surface area contributed by atoms with Crippen LogP contribution in [0.3, 0.4) is 0 Å². The van der Waals surface area contributed by atoms with Gasteiger partial charge >= 0.3 is 0 Å². The minimum Gasteiger partial charge on any atom is -0.359 e. The predicted molar refractivity (Wildman–Crippen MR) is 64.4 cm³/mol. The lowest BCUT2D eigenvalue weighted by molar-refractivity contribution is -0.128. The second-order valence-corrected chi connectivity index (χ2v) is 4.49. The van der Waals surface area contributed by atoms with E-state index < -0.39 is 17.3 Å². The molecule has 0 aromatic carbocycles. The van der Waals surface area contributed by atoms with Gasteiger partial charge in [0, 0.05) is 19.8 Å². The summed E-state index contributed by atoms with van der Waals surface area (Å²) in [6.45, 7) is 3.48. The van der Waals surface area contributed by atoms with Gasteiger partial charge in [0.15, 0.2) is 0 Å². The Hall–Kier alpha value is -1.98. The fraction of sp³-hybridized carbons (Fsp3) is 0.417. The van der Waals surface area contributed by atoms with Crippen LogP contribution in [0, 0.1) is 11.4 Å². The summed E-state index contributed by atoms with van der Waals surface area (Å²) in [6, 6.07) is 2.81. The quantitative estimate of drug-likeness (QED) is 0.777. The van der Waals surface area contributed by atoms with Crippen molar-refractivity contribution in [3.63, 3.8) is 0 Å². The molecule has 0 aliphatic rings. The van der Waals surface area contributed by atoms with Crippen LogP contribution in [0.25, 0.3) is 0 Å². The normalized spacial score (nSPS) is 10.9. The van der Waals surface area contributed by atoms with E-state index in [0.717, 1.165) is 0 Å². The van der Waals surface area contributed by atoms with E-state index in [4.69, 9.17) is 0 Å². The van der Waals surface area contributed by atoms with E-state index in [0.29, 0.717) is 0 Å². The molecule has 0 atom stereocenters. The van der Waals surface area contributed by atoms with Gasteiger partial charge in [-0.15, -0.1) is 0 Å². The number of pyridine rings is 1. The first-order valence-electron chi connectivity index (χ1n) is 5.49. The molecule has 0 fully saturated rings. The number of halogens is 1. The summed E-state index contributed by atoms with van der Waals surface area (Å²) in [7, 11) is 1.52. The highest BCUT2D eigenvalue weighted by molar-refractivity contribution is 5.94. The van der Waals surface area contributed by atoms with Crippen molar-refractivity contribution in [2.75, 3.05) is 13.6 Å². The van der Waals surface area contributed by atoms with Crippen molar-refractivity contribution >= 4 is 11.8 Å². The monoisotopic (exact) mass is 253 g/mol. The van der Waals surface area contributed by atoms with Crippen LogP contribution in [0.4, 0.5) is 4.39 Å². The Morgan fingerprint density at radius 2 is 2.11 bits per heavy atom. The molecule has 0 bridgehead atoms. The lowest BCUT2D eigenvalue weighted by Crippen LogP contribution is -2.43. The number of rotatable bonds is 4. The molecular formula is C12H16FN3O2. The minimum absolute atomic E-state index is 0.111. The molecule has 5 nitrogen and oxygen atoms in total. The van der Waals surface area contributed by atoms with E-state index in [2.05, 4.69) is 15.6 Å². The second-order valence-electron chi connectivity index (χ2n) is 4.49. The Labute approximate surface area is 105 Å². The van der Waals surface area contributed by atoms with Crippen LogP contribution < -0.4 is 10.6 Å². The van der Waals surface area contributed by atoms with Crippen molar-refractivity contribution in [1.29, 1.82) is 0 Å². The molecule has 2 amide bonds. The van der Waals surface area contributed by atoms with E-state index >= 15 is 0 Å². The number of hydrogen-bond donors (Lipinski definition) is 2. The number of nitrogens with one attached hydrogen (secondary N) is 2. The van der Waals surface area contributed by atoms with Crippen LogP contribution in [0.1, 0.15) is 24.2 Å². The van der Waals surface area contributed by atoms with Gasteiger partial charge in [-0.3, -0.25) is 9.59 Å².